The van der Waals surface area contributed by atoms with Gasteiger partial charge in [0.1, 0.15) is 0 Å². The van der Waals surface area contributed by atoms with E-state index in [0.717, 1.165) is 16.8 Å². The molecule has 2 aromatic heterocycles. The fraction of sp³-hybridized carbons (Fsp3) is 0.182. The van der Waals surface area contributed by atoms with Crippen molar-refractivity contribution in [3.63, 3.8) is 0 Å². The molecule has 0 saturated heterocycles. The lowest BCUT2D eigenvalue weighted by Gasteiger charge is -2.10. The van der Waals surface area contributed by atoms with Crippen molar-refractivity contribution in [3.05, 3.63) is 72.3 Å². The summed E-state index contributed by atoms with van der Waals surface area (Å²) in [6.45, 7) is 1.86. The Bertz CT molecular complexity index is 1120. The van der Waals surface area contributed by atoms with Gasteiger partial charge in [-0.2, -0.15) is 4.52 Å². The van der Waals surface area contributed by atoms with Crippen LogP contribution < -0.4 is 5.32 Å². The normalized spacial score (nSPS) is 11.9. The maximum atomic E-state index is 11.6. The topological polar surface area (TPSA) is 81.4 Å². The zero-order valence-corrected chi connectivity index (χ0v) is 16.2. The van der Waals surface area contributed by atoms with Crippen molar-refractivity contribution >= 4 is 23.1 Å². The molecule has 29 heavy (non-hydrogen) atoms. The van der Waals surface area contributed by atoms with Gasteiger partial charge in [-0.15, -0.1) is 15.3 Å². The average Bonchev–Trinajstić information content (AvgIpc) is 3.18. The van der Waals surface area contributed by atoms with E-state index in [-0.39, 0.29) is 11.9 Å². The molecule has 2 heterocycles. The summed E-state index contributed by atoms with van der Waals surface area (Å²) in [6.07, 6.45) is 0.637. The summed E-state index contributed by atoms with van der Waals surface area (Å²) in [7, 11) is 1.41. The van der Waals surface area contributed by atoms with Crippen molar-refractivity contribution in [2.45, 2.75) is 13.3 Å². The van der Waals surface area contributed by atoms with Gasteiger partial charge < -0.3 is 10.1 Å². The first kappa shape index (κ1) is 18.6. The van der Waals surface area contributed by atoms with E-state index >= 15 is 0 Å². The smallest absolute Gasteiger partial charge is 0.308 e. The van der Waals surface area contributed by atoms with Gasteiger partial charge in [0.15, 0.2) is 17.3 Å². The van der Waals surface area contributed by atoms with Gasteiger partial charge in [0.2, 0.25) is 0 Å². The van der Waals surface area contributed by atoms with Crippen molar-refractivity contribution in [2.24, 2.45) is 5.92 Å². The second kappa shape index (κ2) is 8.10. The van der Waals surface area contributed by atoms with Crippen molar-refractivity contribution < 1.29 is 9.53 Å². The van der Waals surface area contributed by atoms with Crippen LogP contribution in [-0.4, -0.2) is 32.9 Å². The zero-order valence-electron chi connectivity index (χ0n) is 16.2. The molecule has 0 aliphatic carbocycles. The molecular formula is C22H21N5O2. The van der Waals surface area contributed by atoms with E-state index in [1.54, 1.807) is 4.52 Å². The number of carbonyl (C=O) groups excluding carboxylic acids is 1. The average molecular weight is 387 g/mol. The number of nitrogens with zero attached hydrogens (tertiary/aromatic N) is 4. The fourth-order valence-corrected chi connectivity index (χ4v) is 3.13. The molecule has 0 saturated carbocycles. The molecule has 0 aliphatic heterocycles. The van der Waals surface area contributed by atoms with Gasteiger partial charge in [-0.3, -0.25) is 4.79 Å². The number of methoxy groups -OCH3 is 1. The van der Waals surface area contributed by atoms with Gasteiger partial charge in [-0.1, -0.05) is 49.4 Å². The molecule has 4 aromatic rings. The third kappa shape index (κ3) is 4.08. The summed E-state index contributed by atoms with van der Waals surface area (Å²) in [5.41, 5.74) is 3.61. The first-order valence-corrected chi connectivity index (χ1v) is 9.36. The number of nitrogens with one attached hydrogen (secondary N) is 1. The van der Waals surface area contributed by atoms with E-state index in [9.17, 15) is 4.79 Å². The Morgan fingerprint density at radius 1 is 1.03 bits per heavy atom. The van der Waals surface area contributed by atoms with Crippen LogP contribution in [0.15, 0.2) is 66.7 Å². The number of fused-ring (bicyclic) bond motifs is 1. The Morgan fingerprint density at radius 3 is 2.52 bits per heavy atom. The molecule has 7 nitrogen and oxygen atoms in total. The van der Waals surface area contributed by atoms with Crippen LogP contribution in [0.1, 0.15) is 12.5 Å². The summed E-state index contributed by atoms with van der Waals surface area (Å²) >= 11 is 0. The number of aromatic nitrogens is 4. The summed E-state index contributed by atoms with van der Waals surface area (Å²) < 4.78 is 6.51. The second-order valence-electron chi connectivity index (χ2n) is 6.83. The first-order chi connectivity index (χ1) is 14.1. The minimum Gasteiger partial charge on any atom is -0.469 e. The maximum Gasteiger partial charge on any atom is 0.308 e. The molecule has 0 bridgehead atoms. The second-order valence-corrected chi connectivity index (χ2v) is 6.83. The van der Waals surface area contributed by atoms with E-state index in [1.165, 1.54) is 7.11 Å². The number of benzene rings is 2. The molecule has 7 heteroatoms. The van der Waals surface area contributed by atoms with Crippen LogP contribution >= 0.6 is 0 Å². The highest BCUT2D eigenvalue weighted by Crippen LogP contribution is 2.20. The van der Waals surface area contributed by atoms with Crippen LogP contribution in [0.2, 0.25) is 0 Å². The van der Waals surface area contributed by atoms with E-state index in [2.05, 4.69) is 20.6 Å². The number of esters is 1. The molecule has 146 valence electrons. The van der Waals surface area contributed by atoms with E-state index in [4.69, 9.17) is 4.74 Å². The van der Waals surface area contributed by atoms with Crippen LogP contribution in [0.3, 0.4) is 0 Å². The van der Waals surface area contributed by atoms with Crippen LogP contribution in [0.4, 0.5) is 11.5 Å². The highest BCUT2D eigenvalue weighted by atomic mass is 16.5. The molecule has 0 aliphatic rings. The number of carbonyl (C=O) groups is 1. The minimum atomic E-state index is -0.201. The predicted octanol–water partition coefficient (Wildman–Crippen LogP) is 3.89. The quantitative estimate of drug-likeness (QED) is 0.506. The van der Waals surface area contributed by atoms with Crippen molar-refractivity contribution in [3.8, 4) is 11.4 Å². The summed E-state index contributed by atoms with van der Waals surface area (Å²) in [5, 5.41) is 16.4. The Morgan fingerprint density at radius 2 is 1.79 bits per heavy atom. The van der Waals surface area contributed by atoms with Gasteiger partial charge in [0.05, 0.1) is 13.0 Å². The van der Waals surface area contributed by atoms with Gasteiger partial charge in [0.25, 0.3) is 0 Å². The highest BCUT2D eigenvalue weighted by molar-refractivity contribution is 5.72. The molecule has 1 N–H and O–H groups in total. The van der Waals surface area contributed by atoms with Crippen LogP contribution in [0.25, 0.3) is 17.0 Å². The molecule has 0 fully saturated rings. The summed E-state index contributed by atoms with van der Waals surface area (Å²) in [4.78, 5) is 11.6. The number of anilines is 2. The minimum absolute atomic E-state index is 0.173. The molecule has 4 rings (SSSR count). The van der Waals surface area contributed by atoms with Gasteiger partial charge >= 0.3 is 5.97 Å². The lowest BCUT2D eigenvalue weighted by Crippen LogP contribution is -2.15. The van der Waals surface area contributed by atoms with Crippen molar-refractivity contribution in [1.29, 1.82) is 0 Å². The third-order valence-electron chi connectivity index (χ3n) is 4.67. The molecule has 2 aromatic carbocycles. The number of rotatable bonds is 6. The molecule has 0 radical (unpaired) electrons. The van der Waals surface area contributed by atoms with E-state index in [0.29, 0.717) is 23.7 Å². The van der Waals surface area contributed by atoms with E-state index in [1.807, 2.05) is 73.7 Å². The Balaban J connectivity index is 1.53. The van der Waals surface area contributed by atoms with Crippen LogP contribution in [0.5, 0.6) is 0 Å². The Hall–Kier alpha value is -3.74. The largest absolute Gasteiger partial charge is 0.469 e. The van der Waals surface area contributed by atoms with Crippen LogP contribution in [0, 0.1) is 5.92 Å². The lowest BCUT2D eigenvalue weighted by molar-refractivity contribution is -0.144. The SMILES string of the molecule is COC(=O)C(C)Cc1ccc(Nc2ccc3nnc(-c4ccccc4)n3n2)cc1. The zero-order chi connectivity index (χ0) is 20.2. The number of hydrogen-bond acceptors (Lipinski definition) is 6. The van der Waals surface area contributed by atoms with Gasteiger partial charge in [-0.05, 0) is 36.2 Å². The monoisotopic (exact) mass is 387 g/mol. The van der Waals surface area contributed by atoms with E-state index < -0.39 is 0 Å². The standard InChI is InChI=1S/C22H21N5O2/c1-15(22(28)29-2)14-16-8-10-18(11-9-16)23-19-12-13-20-24-25-21(27(20)26-19)17-6-4-3-5-7-17/h3-13,15H,14H2,1-2H3,(H,23,26). The number of ether oxygens (including phenoxy) is 1. The molecule has 1 atom stereocenters. The maximum absolute atomic E-state index is 11.6. The summed E-state index contributed by atoms with van der Waals surface area (Å²) in [6, 6.07) is 21.5. The van der Waals surface area contributed by atoms with Crippen molar-refractivity contribution in [2.75, 3.05) is 12.4 Å². The predicted molar refractivity (Wildman–Crippen MR) is 111 cm³/mol. The molecule has 1 unspecified atom stereocenters. The van der Waals surface area contributed by atoms with Gasteiger partial charge in [0, 0.05) is 11.3 Å². The van der Waals surface area contributed by atoms with Gasteiger partial charge in [-0.25, -0.2) is 0 Å². The lowest BCUT2D eigenvalue weighted by atomic mass is 10.0. The Labute approximate surface area is 168 Å². The highest BCUT2D eigenvalue weighted by Gasteiger charge is 2.14. The Kier molecular flexibility index (Phi) is 5.20. The molecular weight excluding hydrogens is 366 g/mol. The number of hydrogen-bond donors (Lipinski definition) is 1. The summed E-state index contributed by atoms with van der Waals surface area (Å²) in [5.74, 6) is 1.00. The fourth-order valence-electron chi connectivity index (χ4n) is 3.13. The molecule has 0 amide bonds. The third-order valence-corrected chi connectivity index (χ3v) is 4.67. The molecule has 0 spiro atoms. The first-order valence-electron chi connectivity index (χ1n) is 9.36. The van der Waals surface area contributed by atoms with Crippen LogP contribution in [-0.2, 0) is 16.0 Å². The van der Waals surface area contributed by atoms with Crippen molar-refractivity contribution in [1.82, 2.24) is 19.8 Å².